The maximum atomic E-state index is 11.6. The van der Waals surface area contributed by atoms with Crippen LogP contribution >= 0.6 is 11.3 Å². The van der Waals surface area contributed by atoms with Gasteiger partial charge in [-0.25, -0.2) is 0 Å². The van der Waals surface area contributed by atoms with Gasteiger partial charge in [-0.1, -0.05) is 6.07 Å². The summed E-state index contributed by atoms with van der Waals surface area (Å²) >= 11 is 1.54. The number of carbonyl (C=O) groups excluding carboxylic acids is 1. The van der Waals surface area contributed by atoms with Crippen molar-refractivity contribution in [2.75, 3.05) is 13.1 Å². The average Bonchev–Trinajstić information content (AvgIpc) is 2.51. The molecule has 0 bridgehead atoms. The third-order valence-corrected chi connectivity index (χ3v) is 3.24. The molecule has 1 aromatic heterocycles. The molecule has 1 aromatic rings. The normalized spacial score (nSPS) is 18.1. The largest absolute Gasteiger partial charge is 0.341 e. The molecule has 0 radical (unpaired) electrons. The van der Waals surface area contributed by atoms with Crippen molar-refractivity contribution in [1.29, 1.82) is 0 Å². The van der Waals surface area contributed by atoms with Crippen LogP contribution in [0.2, 0.25) is 0 Å². The molecule has 1 aliphatic heterocycles. The SMILES string of the molecule is NC(C(=O)N1CCC1)c1cccs1. The average molecular weight is 196 g/mol. The van der Waals surface area contributed by atoms with E-state index in [1.165, 1.54) is 11.3 Å². The molecule has 0 saturated carbocycles. The predicted octanol–water partition coefficient (Wildman–Crippen LogP) is 0.980. The first-order chi connectivity index (χ1) is 6.29. The number of rotatable bonds is 2. The van der Waals surface area contributed by atoms with Crippen molar-refractivity contribution in [3.63, 3.8) is 0 Å². The fraction of sp³-hybridized carbons (Fsp3) is 0.444. The molecule has 1 saturated heterocycles. The molecule has 0 aliphatic carbocycles. The molecular weight excluding hydrogens is 184 g/mol. The highest BCUT2D eigenvalue weighted by molar-refractivity contribution is 7.10. The van der Waals surface area contributed by atoms with E-state index in [0.717, 1.165) is 24.4 Å². The number of amides is 1. The Bertz CT molecular complexity index is 293. The minimum atomic E-state index is -0.444. The molecular formula is C9H12N2OS. The van der Waals surface area contributed by atoms with Gasteiger partial charge in [0.25, 0.3) is 0 Å². The minimum absolute atomic E-state index is 0.0636. The van der Waals surface area contributed by atoms with Gasteiger partial charge in [0.05, 0.1) is 0 Å². The third kappa shape index (κ3) is 1.59. The number of likely N-dealkylation sites (tertiary alicyclic amines) is 1. The van der Waals surface area contributed by atoms with Gasteiger partial charge < -0.3 is 10.6 Å². The Morgan fingerprint density at radius 1 is 1.62 bits per heavy atom. The van der Waals surface area contributed by atoms with Gasteiger partial charge in [0.2, 0.25) is 5.91 Å². The van der Waals surface area contributed by atoms with Crippen LogP contribution < -0.4 is 5.73 Å². The van der Waals surface area contributed by atoms with E-state index in [2.05, 4.69) is 0 Å². The monoisotopic (exact) mass is 196 g/mol. The molecule has 0 aromatic carbocycles. The molecule has 1 fully saturated rings. The van der Waals surface area contributed by atoms with Crippen molar-refractivity contribution in [2.45, 2.75) is 12.5 Å². The van der Waals surface area contributed by atoms with E-state index in [0.29, 0.717) is 0 Å². The van der Waals surface area contributed by atoms with E-state index in [9.17, 15) is 4.79 Å². The molecule has 13 heavy (non-hydrogen) atoms. The summed E-state index contributed by atoms with van der Waals surface area (Å²) in [6, 6.07) is 3.39. The number of hydrogen-bond acceptors (Lipinski definition) is 3. The van der Waals surface area contributed by atoms with Crippen LogP contribution in [0.5, 0.6) is 0 Å². The van der Waals surface area contributed by atoms with Crippen LogP contribution in [0.15, 0.2) is 17.5 Å². The Morgan fingerprint density at radius 3 is 2.85 bits per heavy atom. The number of thiophene rings is 1. The molecule has 2 rings (SSSR count). The third-order valence-electron chi connectivity index (χ3n) is 2.28. The Balaban J connectivity index is 2.04. The van der Waals surface area contributed by atoms with Crippen molar-refractivity contribution >= 4 is 17.2 Å². The summed E-state index contributed by atoms with van der Waals surface area (Å²) in [5, 5.41) is 1.94. The van der Waals surface area contributed by atoms with Crippen LogP contribution in [0.4, 0.5) is 0 Å². The maximum absolute atomic E-state index is 11.6. The van der Waals surface area contributed by atoms with Crippen molar-refractivity contribution < 1.29 is 4.79 Å². The second-order valence-electron chi connectivity index (χ2n) is 3.17. The Labute approximate surface area is 81.2 Å². The van der Waals surface area contributed by atoms with Crippen molar-refractivity contribution in [3.05, 3.63) is 22.4 Å². The lowest BCUT2D eigenvalue weighted by molar-refractivity contribution is -0.136. The van der Waals surface area contributed by atoms with Gasteiger partial charge in [-0.3, -0.25) is 4.79 Å². The molecule has 3 nitrogen and oxygen atoms in total. The van der Waals surface area contributed by atoms with Crippen molar-refractivity contribution in [2.24, 2.45) is 5.73 Å². The van der Waals surface area contributed by atoms with Gasteiger partial charge in [-0.2, -0.15) is 0 Å². The molecule has 1 aliphatic rings. The number of carbonyl (C=O) groups is 1. The fourth-order valence-electron chi connectivity index (χ4n) is 1.32. The van der Waals surface area contributed by atoms with Crippen LogP contribution in [0.3, 0.4) is 0 Å². The maximum Gasteiger partial charge on any atom is 0.244 e. The number of nitrogens with two attached hydrogens (primary N) is 1. The molecule has 2 heterocycles. The molecule has 1 unspecified atom stereocenters. The van der Waals surface area contributed by atoms with Gasteiger partial charge in [-0.15, -0.1) is 11.3 Å². The standard InChI is InChI=1S/C9H12N2OS/c10-8(7-3-1-6-13-7)9(12)11-4-2-5-11/h1,3,6,8H,2,4-5,10H2. The predicted molar refractivity (Wildman–Crippen MR) is 52.4 cm³/mol. The van der Waals surface area contributed by atoms with Gasteiger partial charge >= 0.3 is 0 Å². The van der Waals surface area contributed by atoms with Crippen LogP contribution in [0.1, 0.15) is 17.3 Å². The van der Waals surface area contributed by atoms with Crippen molar-refractivity contribution in [3.8, 4) is 0 Å². The van der Waals surface area contributed by atoms with Gasteiger partial charge in [0.1, 0.15) is 6.04 Å². The first-order valence-corrected chi connectivity index (χ1v) is 5.25. The zero-order valence-electron chi connectivity index (χ0n) is 7.27. The zero-order chi connectivity index (χ0) is 9.26. The summed E-state index contributed by atoms with van der Waals surface area (Å²) in [6.07, 6.45) is 1.11. The highest BCUT2D eigenvalue weighted by atomic mass is 32.1. The smallest absolute Gasteiger partial charge is 0.244 e. The number of hydrogen-bond donors (Lipinski definition) is 1. The summed E-state index contributed by atoms with van der Waals surface area (Å²) in [5.74, 6) is 0.0636. The van der Waals surface area contributed by atoms with E-state index in [1.54, 1.807) is 0 Å². The Hall–Kier alpha value is -0.870. The lowest BCUT2D eigenvalue weighted by Crippen LogP contribution is -2.46. The van der Waals surface area contributed by atoms with E-state index >= 15 is 0 Å². The summed E-state index contributed by atoms with van der Waals surface area (Å²) in [6.45, 7) is 1.75. The Morgan fingerprint density at radius 2 is 2.38 bits per heavy atom. The second kappa shape index (κ2) is 3.47. The summed E-state index contributed by atoms with van der Waals surface area (Å²) in [4.78, 5) is 14.4. The van der Waals surface area contributed by atoms with Crippen LogP contribution in [0, 0.1) is 0 Å². The first kappa shape index (κ1) is 8.72. The van der Waals surface area contributed by atoms with Gasteiger partial charge in [0, 0.05) is 18.0 Å². The topological polar surface area (TPSA) is 46.3 Å². The molecule has 1 amide bonds. The number of nitrogens with zero attached hydrogens (tertiary/aromatic N) is 1. The van der Waals surface area contributed by atoms with Gasteiger partial charge in [0.15, 0.2) is 0 Å². The quantitative estimate of drug-likeness (QED) is 0.766. The van der Waals surface area contributed by atoms with E-state index in [1.807, 2.05) is 22.4 Å². The van der Waals surface area contributed by atoms with Crippen LogP contribution in [-0.4, -0.2) is 23.9 Å². The van der Waals surface area contributed by atoms with E-state index < -0.39 is 6.04 Å². The minimum Gasteiger partial charge on any atom is -0.341 e. The Kier molecular flexibility index (Phi) is 2.33. The molecule has 2 N–H and O–H groups in total. The second-order valence-corrected chi connectivity index (χ2v) is 4.15. The summed E-state index contributed by atoms with van der Waals surface area (Å²) in [7, 11) is 0. The van der Waals surface area contributed by atoms with Crippen LogP contribution in [-0.2, 0) is 4.79 Å². The molecule has 4 heteroatoms. The van der Waals surface area contributed by atoms with Crippen molar-refractivity contribution in [1.82, 2.24) is 4.90 Å². The van der Waals surface area contributed by atoms with E-state index in [4.69, 9.17) is 5.73 Å². The van der Waals surface area contributed by atoms with Gasteiger partial charge in [-0.05, 0) is 17.9 Å². The highest BCUT2D eigenvalue weighted by Gasteiger charge is 2.26. The summed E-state index contributed by atoms with van der Waals surface area (Å²) < 4.78 is 0. The fourth-order valence-corrected chi connectivity index (χ4v) is 2.04. The molecule has 0 spiro atoms. The lowest BCUT2D eigenvalue weighted by atomic mass is 10.1. The zero-order valence-corrected chi connectivity index (χ0v) is 8.09. The first-order valence-electron chi connectivity index (χ1n) is 4.37. The summed E-state index contributed by atoms with van der Waals surface area (Å²) in [5.41, 5.74) is 5.81. The van der Waals surface area contributed by atoms with Crippen LogP contribution in [0.25, 0.3) is 0 Å². The molecule has 70 valence electrons. The molecule has 1 atom stereocenters. The van der Waals surface area contributed by atoms with E-state index in [-0.39, 0.29) is 5.91 Å². The highest BCUT2D eigenvalue weighted by Crippen LogP contribution is 2.20. The lowest BCUT2D eigenvalue weighted by Gasteiger charge is -2.32.